The van der Waals surface area contributed by atoms with Gasteiger partial charge in [-0.25, -0.2) is 0 Å². The van der Waals surface area contributed by atoms with Gasteiger partial charge in [-0.2, -0.15) is 0 Å². The summed E-state index contributed by atoms with van der Waals surface area (Å²) < 4.78 is 4.98. The highest BCUT2D eigenvalue weighted by Gasteiger charge is 2.13. The van der Waals surface area contributed by atoms with Crippen LogP contribution in [0, 0.1) is 0 Å². The minimum Gasteiger partial charge on any atom is -0.504 e. The molecule has 0 radical (unpaired) electrons. The van der Waals surface area contributed by atoms with Crippen LogP contribution in [0.2, 0.25) is 0 Å². The second kappa shape index (κ2) is 10.9. The number of Topliss-reactive ketones (excluding diaryl/α,β-unsaturated/α-hetero) is 1. The maximum absolute atomic E-state index is 12.0. The number of hydrogen-bond acceptors (Lipinski definition) is 5. The van der Waals surface area contributed by atoms with Gasteiger partial charge in [0.25, 0.3) is 0 Å². The summed E-state index contributed by atoms with van der Waals surface area (Å²) in [5.41, 5.74) is 0.713. The van der Waals surface area contributed by atoms with Crippen molar-refractivity contribution in [3.05, 3.63) is 17.7 Å². The van der Waals surface area contributed by atoms with Gasteiger partial charge in [0.05, 0.1) is 13.2 Å². The lowest BCUT2D eigenvalue weighted by molar-refractivity contribution is -0.121. The Labute approximate surface area is 144 Å². The number of aliphatic hydroxyl groups is 1. The average molecular weight is 338 g/mol. The van der Waals surface area contributed by atoms with E-state index in [0.29, 0.717) is 24.8 Å². The molecule has 1 atom stereocenters. The molecule has 1 unspecified atom stereocenters. The van der Waals surface area contributed by atoms with Crippen LogP contribution in [0.3, 0.4) is 0 Å². The van der Waals surface area contributed by atoms with Crippen molar-refractivity contribution in [1.29, 1.82) is 0 Å². The van der Waals surface area contributed by atoms with Crippen LogP contribution < -0.4 is 4.74 Å². The van der Waals surface area contributed by atoms with E-state index in [1.165, 1.54) is 32.4 Å². The quantitative estimate of drug-likeness (QED) is 0.399. The molecule has 0 saturated heterocycles. The molecule has 136 valence electrons. The van der Waals surface area contributed by atoms with E-state index < -0.39 is 6.10 Å². The third-order valence-corrected chi connectivity index (χ3v) is 4.13. The minimum atomic E-state index is -0.568. The molecule has 0 aromatic heterocycles. The Morgan fingerprint density at radius 2 is 1.88 bits per heavy atom. The Bertz CT molecular complexity index is 513. The van der Waals surface area contributed by atoms with Gasteiger partial charge in [0, 0.05) is 12.8 Å². The van der Waals surface area contributed by atoms with Crippen molar-refractivity contribution in [3.8, 4) is 17.2 Å². The molecule has 0 bridgehead atoms. The van der Waals surface area contributed by atoms with Crippen molar-refractivity contribution in [1.82, 2.24) is 0 Å². The molecule has 3 N–H and O–H groups in total. The molecule has 1 aromatic carbocycles. The average Bonchev–Trinajstić information content (AvgIpc) is 2.55. The van der Waals surface area contributed by atoms with E-state index in [2.05, 4.69) is 6.92 Å². The molecule has 0 heterocycles. The lowest BCUT2D eigenvalue weighted by atomic mass is 10.0. The Balaban J connectivity index is 2.34. The standard InChI is InChI=1S/C19H30O5/c1-3-4-5-6-7-8-15(20)13-16(21)10-9-14-11-17(22)19(23)18(12-14)24-2/h11-12,15,20,22-23H,3-10,13H2,1-2H3. The predicted molar refractivity (Wildman–Crippen MR) is 93.7 cm³/mol. The molecule has 0 aliphatic rings. The first-order chi connectivity index (χ1) is 11.5. The minimum absolute atomic E-state index is 0.00240. The first-order valence-corrected chi connectivity index (χ1v) is 8.76. The molecule has 0 amide bonds. The fraction of sp³-hybridized carbons (Fsp3) is 0.632. The summed E-state index contributed by atoms with van der Waals surface area (Å²) in [6.45, 7) is 2.16. The van der Waals surface area contributed by atoms with Crippen LogP contribution >= 0.6 is 0 Å². The number of rotatable bonds is 12. The summed E-state index contributed by atoms with van der Waals surface area (Å²) >= 11 is 0. The lowest BCUT2D eigenvalue weighted by Gasteiger charge is -2.11. The normalized spacial score (nSPS) is 12.1. The van der Waals surface area contributed by atoms with Gasteiger partial charge in [-0.1, -0.05) is 39.0 Å². The molecule has 0 saturated carbocycles. The zero-order valence-electron chi connectivity index (χ0n) is 14.8. The SMILES string of the molecule is CCCCCCCC(O)CC(=O)CCc1cc(O)c(O)c(OC)c1. The van der Waals surface area contributed by atoms with Crippen LogP contribution in [0.1, 0.15) is 63.9 Å². The van der Waals surface area contributed by atoms with E-state index >= 15 is 0 Å². The molecule has 5 nitrogen and oxygen atoms in total. The summed E-state index contributed by atoms with van der Waals surface area (Å²) in [6, 6.07) is 3.03. The summed E-state index contributed by atoms with van der Waals surface area (Å²) in [4.78, 5) is 12.0. The molecule has 0 aliphatic heterocycles. The smallest absolute Gasteiger partial charge is 0.200 e. The summed E-state index contributed by atoms with van der Waals surface area (Å²) in [6.07, 6.45) is 6.66. The van der Waals surface area contributed by atoms with Gasteiger partial charge < -0.3 is 20.1 Å². The Kier molecular flexibility index (Phi) is 9.23. The number of phenols is 2. The van der Waals surface area contributed by atoms with Gasteiger partial charge in [0.2, 0.25) is 5.75 Å². The zero-order chi connectivity index (χ0) is 17.9. The number of ketones is 1. The molecule has 24 heavy (non-hydrogen) atoms. The van der Waals surface area contributed by atoms with Crippen molar-refractivity contribution in [2.45, 2.75) is 70.8 Å². The number of benzene rings is 1. The van der Waals surface area contributed by atoms with E-state index in [1.54, 1.807) is 6.07 Å². The van der Waals surface area contributed by atoms with Gasteiger partial charge in [0.15, 0.2) is 11.5 Å². The number of unbranched alkanes of at least 4 members (excludes halogenated alkanes) is 4. The Morgan fingerprint density at radius 1 is 1.17 bits per heavy atom. The highest BCUT2D eigenvalue weighted by atomic mass is 16.5. The molecular formula is C19H30O5. The summed E-state index contributed by atoms with van der Waals surface area (Å²) in [5, 5.41) is 29.1. The van der Waals surface area contributed by atoms with E-state index in [1.807, 2.05) is 0 Å². The predicted octanol–water partition coefficient (Wildman–Crippen LogP) is 3.72. The number of aryl methyl sites for hydroxylation is 1. The molecular weight excluding hydrogens is 308 g/mol. The van der Waals surface area contributed by atoms with Crippen LogP contribution in [-0.2, 0) is 11.2 Å². The lowest BCUT2D eigenvalue weighted by Crippen LogP contribution is -2.14. The highest BCUT2D eigenvalue weighted by molar-refractivity contribution is 5.79. The number of carbonyl (C=O) groups excluding carboxylic acids is 1. The van der Waals surface area contributed by atoms with E-state index in [0.717, 1.165) is 12.8 Å². The first-order valence-electron chi connectivity index (χ1n) is 8.76. The van der Waals surface area contributed by atoms with Crippen LogP contribution in [0.15, 0.2) is 12.1 Å². The van der Waals surface area contributed by atoms with E-state index in [-0.39, 0.29) is 29.5 Å². The molecule has 0 spiro atoms. The van der Waals surface area contributed by atoms with Crippen molar-refractivity contribution in [2.24, 2.45) is 0 Å². The van der Waals surface area contributed by atoms with Crippen LogP contribution in [0.5, 0.6) is 17.2 Å². The van der Waals surface area contributed by atoms with E-state index in [9.17, 15) is 20.1 Å². The van der Waals surface area contributed by atoms with Crippen LogP contribution in [-0.4, -0.2) is 34.3 Å². The fourth-order valence-electron chi connectivity index (χ4n) is 2.68. The van der Waals surface area contributed by atoms with Gasteiger partial charge in [-0.05, 0) is 30.5 Å². The number of aromatic hydroxyl groups is 2. The van der Waals surface area contributed by atoms with E-state index in [4.69, 9.17) is 4.74 Å². The second-order valence-electron chi connectivity index (χ2n) is 6.27. The monoisotopic (exact) mass is 338 g/mol. The largest absolute Gasteiger partial charge is 0.504 e. The number of hydrogen-bond donors (Lipinski definition) is 3. The fourth-order valence-corrected chi connectivity index (χ4v) is 2.68. The first kappa shape index (κ1) is 20.3. The van der Waals surface area contributed by atoms with Gasteiger partial charge in [0.1, 0.15) is 5.78 Å². The number of aliphatic hydroxyl groups excluding tert-OH is 1. The molecule has 5 heteroatoms. The van der Waals surface area contributed by atoms with Gasteiger partial charge >= 0.3 is 0 Å². The molecule has 1 aromatic rings. The summed E-state index contributed by atoms with van der Waals surface area (Å²) in [7, 11) is 1.40. The molecule has 0 aliphatic carbocycles. The highest BCUT2D eigenvalue weighted by Crippen LogP contribution is 2.36. The van der Waals surface area contributed by atoms with Crippen molar-refractivity contribution in [3.63, 3.8) is 0 Å². The van der Waals surface area contributed by atoms with Crippen LogP contribution in [0.4, 0.5) is 0 Å². The maximum atomic E-state index is 12.0. The number of methoxy groups -OCH3 is 1. The Morgan fingerprint density at radius 3 is 2.54 bits per heavy atom. The number of phenolic OH excluding ortho intramolecular Hbond substituents is 2. The van der Waals surface area contributed by atoms with Gasteiger partial charge in [-0.3, -0.25) is 4.79 Å². The molecule has 0 fully saturated rings. The van der Waals surface area contributed by atoms with Crippen molar-refractivity contribution < 1.29 is 24.9 Å². The Hall–Kier alpha value is -1.75. The second-order valence-corrected chi connectivity index (χ2v) is 6.27. The topological polar surface area (TPSA) is 87.0 Å². The molecule has 1 rings (SSSR count). The summed E-state index contributed by atoms with van der Waals surface area (Å²) in [5.74, 6) is -0.373. The third-order valence-electron chi connectivity index (χ3n) is 4.13. The number of ether oxygens (including phenoxy) is 1. The van der Waals surface area contributed by atoms with Crippen molar-refractivity contribution >= 4 is 5.78 Å². The maximum Gasteiger partial charge on any atom is 0.200 e. The zero-order valence-corrected chi connectivity index (χ0v) is 14.8. The van der Waals surface area contributed by atoms with Crippen molar-refractivity contribution in [2.75, 3.05) is 7.11 Å². The van der Waals surface area contributed by atoms with Gasteiger partial charge in [-0.15, -0.1) is 0 Å². The number of carbonyl (C=O) groups is 1. The van der Waals surface area contributed by atoms with Crippen LogP contribution in [0.25, 0.3) is 0 Å². The third kappa shape index (κ3) is 7.21.